The number of nitrogens with zero attached hydrogens (tertiary/aromatic N) is 2. The van der Waals surface area contributed by atoms with Crippen LogP contribution in [0.3, 0.4) is 0 Å². The number of benzene rings is 1. The highest BCUT2D eigenvalue weighted by Gasteiger charge is 2.18. The third kappa shape index (κ3) is 4.17. The molecule has 0 saturated heterocycles. The highest BCUT2D eigenvalue weighted by molar-refractivity contribution is 7.58. The molecular weight excluding hydrogens is 333 g/mol. The number of hydrogen-bond acceptors (Lipinski definition) is 5. The van der Waals surface area contributed by atoms with Gasteiger partial charge in [-0.1, -0.05) is 23.2 Å². The van der Waals surface area contributed by atoms with Crippen molar-refractivity contribution in [3.63, 3.8) is 0 Å². The van der Waals surface area contributed by atoms with Crippen molar-refractivity contribution in [2.75, 3.05) is 25.1 Å². The van der Waals surface area contributed by atoms with Crippen LogP contribution in [0.5, 0.6) is 0 Å². The van der Waals surface area contributed by atoms with E-state index in [0.29, 0.717) is 47.6 Å². The van der Waals surface area contributed by atoms with Crippen LogP contribution >= 0.6 is 23.2 Å². The molecule has 0 bridgehead atoms. The molecule has 1 aliphatic rings. The van der Waals surface area contributed by atoms with Crippen molar-refractivity contribution in [2.45, 2.75) is 26.6 Å². The number of anilines is 1. The molecule has 0 amide bonds. The minimum atomic E-state index is -0.220. The summed E-state index contributed by atoms with van der Waals surface area (Å²) in [5.74, 6) is 0. The molecule has 1 N–H and O–H groups in total. The summed E-state index contributed by atoms with van der Waals surface area (Å²) in [6.45, 7) is 5.78. The van der Waals surface area contributed by atoms with Gasteiger partial charge in [0.05, 0.1) is 27.1 Å². The highest BCUT2D eigenvalue weighted by atomic mass is 35.5. The second-order valence-corrected chi connectivity index (χ2v) is 5.58. The molecule has 0 unspecified atom stereocenters. The summed E-state index contributed by atoms with van der Waals surface area (Å²) >= 11 is 13.4. The lowest BCUT2D eigenvalue weighted by atomic mass is 10.2. The minimum Gasteiger partial charge on any atom is -0.382 e. The summed E-state index contributed by atoms with van der Waals surface area (Å²) < 4.78 is 19.4. The lowest BCUT2D eigenvalue weighted by Gasteiger charge is -2.18. The molecular formula is C13H17Cl2N3O2S. The molecule has 5 nitrogen and oxygen atoms in total. The Morgan fingerprint density at radius 1 is 1.14 bits per heavy atom. The summed E-state index contributed by atoms with van der Waals surface area (Å²) in [5, 5.41) is 4.31. The molecule has 8 heteroatoms. The standard InChI is InChI=1S/C13H17Cl2N3O2S/c1-3-19-10(20-4-2)5-6-16-11-8(14)7-9(15)12-13(11)18-21-17-12/h7,10,16H,3-6H2,1-2H3. The maximum atomic E-state index is 6.23. The first kappa shape index (κ1) is 16.7. The van der Waals surface area contributed by atoms with Crippen LogP contribution in [-0.4, -0.2) is 26.0 Å². The van der Waals surface area contributed by atoms with E-state index < -0.39 is 0 Å². The SMILES string of the molecule is CCOC(CCNc1c(Cl)cc(Cl)c2c1N=S=N2)OCC. The van der Waals surface area contributed by atoms with E-state index in [1.54, 1.807) is 6.07 Å². The summed E-state index contributed by atoms with van der Waals surface area (Å²) in [6, 6.07) is 1.68. The third-order valence-electron chi connectivity index (χ3n) is 2.83. The second-order valence-electron chi connectivity index (χ2n) is 4.23. The molecule has 1 aliphatic heterocycles. The van der Waals surface area contributed by atoms with Gasteiger partial charge in [0.1, 0.15) is 11.4 Å². The van der Waals surface area contributed by atoms with Gasteiger partial charge in [0.15, 0.2) is 6.29 Å². The van der Waals surface area contributed by atoms with Gasteiger partial charge >= 0.3 is 0 Å². The maximum Gasteiger partial charge on any atom is 0.159 e. The van der Waals surface area contributed by atoms with E-state index in [9.17, 15) is 0 Å². The topological polar surface area (TPSA) is 55.2 Å². The van der Waals surface area contributed by atoms with Crippen LogP contribution in [0, 0.1) is 0 Å². The summed E-state index contributed by atoms with van der Waals surface area (Å²) in [4.78, 5) is 0. The van der Waals surface area contributed by atoms with Gasteiger partial charge in [-0.15, -0.1) is 0 Å². The van der Waals surface area contributed by atoms with Gasteiger partial charge in [-0.2, -0.15) is 8.73 Å². The molecule has 2 rings (SSSR count). The summed E-state index contributed by atoms with van der Waals surface area (Å²) in [6.07, 6.45) is 0.488. The van der Waals surface area contributed by atoms with Gasteiger partial charge in [0.2, 0.25) is 0 Å². The van der Waals surface area contributed by atoms with Gasteiger partial charge in [0.25, 0.3) is 0 Å². The van der Waals surface area contributed by atoms with E-state index in [1.165, 1.54) is 0 Å². The van der Waals surface area contributed by atoms with Crippen molar-refractivity contribution in [2.24, 2.45) is 8.73 Å². The molecule has 0 aromatic heterocycles. The predicted molar refractivity (Wildman–Crippen MR) is 88.1 cm³/mol. The zero-order chi connectivity index (χ0) is 15.2. The van der Waals surface area contributed by atoms with Gasteiger partial charge in [-0.25, -0.2) is 0 Å². The Hall–Kier alpha value is -0.660. The van der Waals surface area contributed by atoms with Crippen LogP contribution in [0.1, 0.15) is 20.3 Å². The average molecular weight is 350 g/mol. The smallest absolute Gasteiger partial charge is 0.159 e. The minimum absolute atomic E-state index is 0.220. The second kappa shape index (κ2) is 8.10. The molecule has 0 atom stereocenters. The number of hydrogen-bond donors (Lipinski definition) is 1. The Morgan fingerprint density at radius 2 is 1.81 bits per heavy atom. The third-order valence-corrected chi connectivity index (χ3v) is 3.95. The van der Waals surface area contributed by atoms with Crippen molar-refractivity contribution in [3.8, 4) is 0 Å². The average Bonchev–Trinajstić information content (AvgIpc) is 2.92. The first-order valence-corrected chi connectivity index (χ1v) is 8.23. The van der Waals surface area contributed by atoms with E-state index in [-0.39, 0.29) is 6.29 Å². The zero-order valence-electron chi connectivity index (χ0n) is 11.9. The Bertz CT molecular complexity index is 571. The van der Waals surface area contributed by atoms with Gasteiger partial charge in [-0.05, 0) is 19.9 Å². The van der Waals surface area contributed by atoms with Crippen LogP contribution in [0.15, 0.2) is 14.8 Å². The van der Waals surface area contributed by atoms with Crippen LogP contribution in [0.4, 0.5) is 17.1 Å². The fraction of sp³-hybridized carbons (Fsp3) is 0.538. The number of rotatable bonds is 8. The van der Waals surface area contributed by atoms with E-state index in [0.717, 1.165) is 17.0 Å². The van der Waals surface area contributed by atoms with Crippen molar-refractivity contribution in [1.29, 1.82) is 0 Å². The van der Waals surface area contributed by atoms with E-state index in [2.05, 4.69) is 14.0 Å². The maximum absolute atomic E-state index is 6.23. The molecule has 0 spiro atoms. The van der Waals surface area contributed by atoms with Crippen LogP contribution in [0.2, 0.25) is 10.0 Å². The quantitative estimate of drug-likeness (QED) is 0.688. The molecule has 0 fully saturated rings. The van der Waals surface area contributed by atoms with Gasteiger partial charge in [-0.3, -0.25) is 0 Å². The lowest BCUT2D eigenvalue weighted by Crippen LogP contribution is -2.21. The summed E-state index contributed by atoms with van der Waals surface area (Å²) in [5.41, 5.74) is 2.11. The highest BCUT2D eigenvalue weighted by Crippen LogP contribution is 2.47. The lowest BCUT2D eigenvalue weighted by molar-refractivity contribution is -0.137. The Balaban J connectivity index is 2.01. The van der Waals surface area contributed by atoms with E-state index in [4.69, 9.17) is 32.7 Å². The van der Waals surface area contributed by atoms with Crippen molar-refractivity contribution in [1.82, 2.24) is 0 Å². The van der Waals surface area contributed by atoms with Crippen molar-refractivity contribution >= 4 is 51.6 Å². The molecule has 0 aliphatic carbocycles. The van der Waals surface area contributed by atoms with Gasteiger partial charge < -0.3 is 14.8 Å². The first-order chi connectivity index (χ1) is 10.2. The van der Waals surface area contributed by atoms with Crippen LogP contribution < -0.4 is 5.32 Å². The number of nitrogens with one attached hydrogen (secondary N) is 1. The van der Waals surface area contributed by atoms with Crippen molar-refractivity contribution < 1.29 is 9.47 Å². The van der Waals surface area contributed by atoms with E-state index >= 15 is 0 Å². The molecule has 1 heterocycles. The molecule has 116 valence electrons. The van der Waals surface area contributed by atoms with Crippen LogP contribution in [-0.2, 0) is 20.8 Å². The summed E-state index contributed by atoms with van der Waals surface area (Å²) in [7, 11) is 0. The molecule has 21 heavy (non-hydrogen) atoms. The number of fused-ring (bicyclic) bond motifs is 1. The van der Waals surface area contributed by atoms with Crippen molar-refractivity contribution in [3.05, 3.63) is 16.1 Å². The van der Waals surface area contributed by atoms with Gasteiger partial charge in [0, 0.05) is 26.2 Å². The zero-order valence-corrected chi connectivity index (χ0v) is 14.2. The molecule has 0 saturated carbocycles. The fourth-order valence-electron chi connectivity index (χ4n) is 1.94. The Kier molecular flexibility index (Phi) is 6.44. The fourth-order valence-corrected chi connectivity index (χ4v) is 3.12. The first-order valence-electron chi connectivity index (χ1n) is 6.74. The predicted octanol–water partition coefficient (Wildman–Crippen LogP) is 4.92. The van der Waals surface area contributed by atoms with E-state index in [1.807, 2.05) is 13.8 Å². The Morgan fingerprint density at radius 3 is 2.48 bits per heavy atom. The molecule has 1 aromatic carbocycles. The normalized spacial score (nSPS) is 12.6. The monoisotopic (exact) mass is 349 g/mol. The largest absolute Gasteiger partial charge is 0.382 e. The Labute approximate surface area is 137 Å². The molecule has 0 radical (unpaired) electrons. The molecule has 1 aromatic rings. The van der Waals surface area contributed by atoms with Crippen LogP contribution in [0.25, 0.3) is 0 Å². The number of ether oxygens (including phenoxy) is 2. The number of halogens is 2.